The Hall–Kier alpha value is 0.1000. The first kappa shape index (κ1) is 5.24. The molecule has 0 aliphatic rings. The monoisotopic (exact) mass is 226 g/mol. The first-order valence-corrected chi connectivity index (χ1v) is 3.08. The van der Waals surface area contributed by atoms with Crippen molar-refractivity contribution in [3.63, 3.8) is 0 Å². The molecule has 0 fully saturated rings. The van der Waals surface area contributed by atoms with Gasteiger partial charge in [0, 0.05) is 15.9 Å². The molecule has 0 bridgehead atoms. The average molecular weight is 228 g/mol. The van der Waals surface area contributed by atoms with Crippen LogP contribution in [0.4, 0.5) is 0 Å². The topological polar surface area (TPSA) is 32.6 Å². The van der Waals surface area contributed by atoms with E-state index < -0.39 is 0 Å². The number of aromatic nitrogens is 3. The Morgan fingerprint density at radius 1 is 1.86 bits per heavy atom. The van der Waals surface area contributed by atoms with Gasteiger partial charge < -0.3 is 0 Å². The minimum Gasteiger partial charge on any atom is -0.0887 e. The molecule has 1 aromatic heterocycles. The van der Waals surface area contributed by atoms with E-state index in [0.29, 0.717) is 0 Å². The Balaban J connectivity index is 3.04. The van der Waals surface area contributed by atoms with Crippen LogP contribution in [0.1, 0.15) is 0 Å². The third-order valence-electron chi connectivity index (χ3n) is 0.472. The smallest absolute Gasteiger partial charge is 0.0887 e. The Morgan fingerprint density at radius 3 is 2.71 bits per heavy atom. The first-order chi connectivity index (χ1) is 3.29. The van der Waals surface area contributed by atoms with Crippen molar-refractivity contribution in [2.75, 3.05) is 0 Å². The predicted octanol–water partition coefficient (Wildman–Crippen LogP) is 0.618. The molecule has 3 nitrogen and oxygen atoms in total. The van der Waals surface area contributed by atoms with E-state index in [1.54, 1.807) is 9.90 Å². The maximum atomic E-state index is 3.72. The van der Waals surface area contributed by atoms with Gasteiger partial charge in [-0.25, -0.2) is 0 Å². The Morgan fingerprint density at radius 2 is 2.57 bits per heavy atom. The van der Waals surface area contributed by atoms with E-state index in [1.165, 1.54) is 0 Å². The third kappa shape index (κ3) is 1.24. The number of aromatic amines is 1. The van der Waals surface area contributed by atoms with Crippen LogP contribution in [0.15, 0.2) is 10.8 Å². The fourth-order valence-electron chi connectivity index (χ4n) is 0.247. The van der Waals surface area contributed by atoms with Crippen molar-refractivity contribution in [2.24, 2.45) is 0 Å². The van der Waals surface area contributed by atoms with Crippen molar-refractivity contribution in [2.45, 2.75) is 0 Å². The minimum atomic E-state index is 0.782. The predicted molar refractivity (Wildman–Crippen MR) is 30.8 cm³/mol. The molecule has 1 N–H and O–H groups in total. The van der Waals surface area contributed by atoms with Crippen LogP contribution in [0.25, 0.3) is 0 Å². The van der Waals surface area contributed by atoms with E-state index in [0.717, 1.165) is 4.60 Å². The van der Waals surface area contributed by atoms with Crippen LogP contribution >= 0.6 is 32.1 Å². The lowest BCUT2D eigenvalue weighted by atomic mass is 11.0. The second kappa shape index (κ2) is 1.92. The molecule has 0 radical (unpaired) electrons. The van der Waals surface area contributed by atoms with Crippen LogP contribution in [0.2, 0.25) is 0 Å². The molecule has 0 saturated carbocycles. The molecule has 1 aromatic rings. The van der Waals surface area contributed by atoms with Gasteiger partial charge in [-0.1, -0.05) is 3.71 Å². The number of hydrogen-bond acceptors (Lipinski definition) is 1. The standard InChI is InChI=1S/C2HBr2N3/c3-2-1-7(4)6-5-2/h1H/p+1. The maximum Gasteiger partial charge on any atom is 0.284 e. The molecule has 0 aliphatic carbocycles. The van der Waals surface area contributed by atoms with Gasteiger partial charge in [-0.3, -0.25) is 0 Å². The maximum absolute atomic E-state index is 3.72. The Kier molecular flexibility index (Phi) is 1.43. The number of H-pyrrole nitrogens is 1. The molecule has 0 amide bonds. The van der Waals surface area contributed by atoms with Crippen LogP contribution in [0.3, 0.4) is 0 Å². The zero-order chi connectivity index (χ0) is 5.28. The molecule has 0 unspecified atom stereocenters. The summed E-state index contributed by atoms with van der Waals surface area (Å²) in [4.78, 5) is 0. The molecular formula is C2H2Br2N3+. The second-order valence-electron chi connectivity index (χ2n) is 0.975. The molecule has 0 aliphatic heterocycles. The number of nitrogens with one attached hydrogen (secondary N) is 1. The number of halogens is 2. The van der Waals surface area contributed by atoms with E-state index in [2.05, 4.69) is 42.4 Å². The highest BCUT2D eigenvalue weighted by molar-refractivity contribution is 9.10. The molecule has 0 spiro atoms. The molecule has 0 aromatic carbocycles. The third-order valence-corrected chi connectivity index (χ3v) is 1.22. The van der Waals surface area contributed by atoms with Crippen molar-refractivity contribution in [3.05, 3.63) is 10.8 Å². The molecule has 1 rings (SSSR count). The second-order valence-corrected chi connectivity index (χ2v) is 2.55. The lowest BCUT2D eigenvalue weighted by Crippen LogP contribution is -2.18. The van der Waals surface area contributed by atoms with Crippen LogP contribution in [-0.4, -0.2) is 10.3 Å². The molecule has 0 saturated heterocycles. The zero-order valence-corrected chi connectivity index (χ0v) is 6.40. The van der Waals surface area contributed by atoms with Crippen molar-refractivity contribution in [1.29, 1.82) is 0 Å². The SMILES string of the molecule is Brc1c[n+](Br)[nH]n1. The molecule has 5 heteroatoms. The van der Waals surface area contributed by atoms with E-state index >= 15 is 0 Å². The normalized spacial score (nSPS) is 9.43. The summed E-state index contributed by atoms with van der Waals surface area (Å²) < 4.78 is 2.35. The van der Waals surface area contributed by atoms with E-state index in [-0.39, 0.29) is 0 Å². The fraction of sp³-hybridized carbons (Fsp3) is 0. The largest absolute Gasteiger partial charge is 0.284 e. The summed E-state index contributed by atoms with van der Waals surface area (Å²) in [5.41, 5.74) is 0. The van der Waals surface area contributed by atoms with Crippen molar-refractivity contribution >= 4 is 32.1 Å². The number of rotatable bonds is 0. The minimum absolute atomic E-state index is 0.782. The van der Waals surface area contributed by atoms with Crippen molar-refractivity contribution in [1.82, 2.24) is 10.3 Å². The van der Waals surface area contributed by atoms with E-state index in [9.17, 15) is 0 Å². The van der Waals surface area contributed by atoms with E-state index in [4.69, 9.17) is 0 Å². The first-order valence-electron chi connectivity index (χ1n) is 1.58. The molecule has 38 valence electrons. The highest BCUT2D eigenvalue weighted by Crippen LogP contribution is 1.96. The summed E-state index contributed by atoms with van der Waals surface area (Å²) in [7, 11) is 0. The summed E-state index contributed by atoms with van der Waals surface area (Å²) in [5, 5.41) is 6.33. The fourth-order valence-corrected chi connectivity index (χ4v) is 1.08. The quantitative estimate of drug-likeness (QED) is 0.693. The molecule has 1 heterocycles. The summed E-state index contributed by atoms with van der Waals surface area (Å²) >= 11 is 6.24. The highest BCUT2D eigenvalue weighted by atomic mass is 79.9. The summed E-state index contributed by atoms with van der Waals surface area (Å²) in [5.74, 6) is 0. The lowest BCUT2D eigenvalue weighted by Gasteiger charge is -1.61. The average Bonchev–Trinajstić information content (AvgIpc) is 1.87. The van der Waals surface area contributed by atoms with Crippen molar-refractivity contribution < 1.29 is 3.71 Å². The summed E-state index contributed by atoms with van der Waals surface area (Å²) in [6, 6.07) is 0. The van der Waals surface area contributed by atoms with Gasteiger partial charge in [0.15, 0.2) is 6.20 Å². The highest BCUT2D eigenvalue weighted by Gasteiger charge is 1.98. The number of nitrogens with zero attached hydrogens (tertiary/aromatic N) is 2. The Bertz CT molecular complexity index is 143. The Labute approximate surface area is 57.2 Å². The van der Waals surface area contributed by atoms with Crippen molar-refractivity contribution in [3.8, 4) is 0 Å². The van der Waals surface area contributed by atoms with Gasteiger partial charge in [0.25, 0.3) is 4.60 Å². The van der Waals surface area contributed by atoms with Crippen LogP contribution < -0.4 is 3.71 Å². The summed E-state index contributed by atoms with van der Waals surface area (Å²) in [6.07, 6.45) is 1.75. The lowest BCUT2D eigenvalue weighted by molar-refractivity contribution is -0.545. The zero-order valence-electron chi connectivity index (χ0n) is 3.23. The van der Waals surface area contributed by atoms with Gasteiger partial charge in [-0.2, -0.15) is 0 Å². The van der Waals surface area contributed by atoms with Gasteiger partial charge >= 0.3 is 0 Å². The molecule has 0 atom stereocenters. The van der Waals surface area contributed by atoms with Gasteiger partial charge in [0.2, 0.25) is 16.1 Å². The van der Waals surface area contributed by atoms with E-state index in [1.807, 2.05) is 0 Å². The van der Waals surface area contributed by atoms with Gasteiger partial charge in [0.1, 0.15) is 0 Å². The number of hydrogen-bond donors (Lipinski definition) is 1. The molecule has 7 heavy (non-hydrogen) atoms. The van der Waals surface area contributed by atoms with Crippen LogP contribution in [0, 0.1) is 0 Å². The molecular weight excluding hydrogens is 226 g/mol. The van der Waals surface area contributed by atoms with Gasteiger partial charge in [-0.15, -0.1) is 0 Å². The van der Waals surface area contributed by atoms with Gasteiger partial charge in [0.05, 0.1) is 5.10 Å². The van der Waals surface area contributed by atoms with Gasteiger partial charge in [-0.05, 0) is 5.21 Å². The summed E-state index contributed by atoms with van der Waals surface area (Å²) in [6.45, 7) is 0. The van der Waals surface area contributed by atoms with Crippen LogP contribution in [0.5, 0.6) is 0 Å². The van der Waals surface area contributed by atoms with Crippen LogP contribution in [-0.2, 0) is 0 Å².